The molecule has 2 rings (SSSR count). The van der Waals surface area contributed by atoms with Gasteiger partial charge in [-0.3, -0.25) is 4.79 Å². The van der Waals surface area contributed by atoms with Gasteiger partial charge in [-0.25, -0.2) is 0 Å². The van der Waals surface area contributed by atoms with E-state index in [4.69, 9.17) is 14.3 Å². The normalized spacial score (nSPS) is 11.0. The maximum atomic E-state index is 11.2. The number of rotatable bonds is 10. The van der Waals surface area contributed by atoms with E-state index in [0.717, 1.165) is 22.6 Å². The van der Waals surface area contributed by atoms with Crippen LogP contribution in [-0.2, 0) is 14.4 Å². The minimum absolute atomic E-state index is 0.228. The molecule has 0 fully saturated rings. The minimum Gasteiger partial charge on any atom is -0.497 e. The van der Waals surface area contributed by atoms with E-state index in [-0.39, 0.29) is 12.4 Å². The van der Waals surface area contributed by atoms with E-state index in [2.05, 4.69) is 16.0 Å². The van der Waals surface area contributed by atoms with Crippen LogP contribution in [0.15, 0.2) is 53.7 Å². The number of ether oxygens (including phenoxy) is 3. The Bertz CT molecular complexity index is 805. The summed E-state index contributed by atoms with van der Waals surface area (Å²) in [5, 5.41) is 13.6. The minimum atomic E-state index is -0.772. The number of nitrogens with zero attached hydrogens (tertiary/aromatic N) is 2. The molecule has 7 heteroatoms. The number of oxime groups is 1. The van der Waals surface area contributed by atoms with E-state index >= 15 is 0 Å². The van der Waals surface area contributed by atoms with Gasteiger partial charge >= 0.3 is 5.97 Å². The highest BCUT2D eigenvalue weighted by Crippen LogP contribution is 2.19. The van der Waals surface area contributed by atoms with Gasteiger partial charge in [-0.1, -0.05) is 5.16 Å². The third kappa shape index (κ3) is 6.54. The standard InChI is InChI=1S/C22H24N2O5/c1-26-18-11-7-16(8-12-18)22(17-9-13-19(27-2)14-10-17)24-29-20(15-23)5-4-6-21(25)28-3/h7-14,20H,4-6H2,1-3H3. The van der Waals surface area contributed by atoms with E-state index in [1.54, 1.807) is 14.2 Å². The maximum absolute atomic E-state index is 11.2. The molecule has 0 saturated heterocycles. The van der Waals surface area contributed by atoms with Crippen LogP contribution >= 0.6 is 0 Å². The summed E-state index contributed by atoms with van der Waals surface area (Å²) in [4.78, 5) is 16.7. The van der Waals surface area contributed by atoms with Crippen LogP contribution in [0.5, 0.6) is 11.5 Å². The van der Waals surface area contributed by atoms with Crippen molar-refractivity contribution >= 4 is 11.7 Å². The predicted octanol–water partition coefficient (Wildman–Crippen LogP) is 3.71. The molecule has 0 aliphatic heterocycles. The summed E-state index contributed by atoms with van der Waals surface area (Å²) in [7, 11) is 4.53. The number of nitriles is 1. The van der Waals surface area contributed by atoms with Crippen molar-refractivity contribution in [2.24, 2.45) is 5.16 Å². The predicted molar refractivity (Wildman–Crippen MR) is 108 cm³/mol. The Labute approximate surface area is 170 Å². The zero-order valence-corrected chi connectivity index (χ0v) is 16.8. The molecular weight excluding hydrogens is 372 g/mol. The quantitative estimate of drug-likeness (QED) is 0.345. The number of benzene rings is 2. The number of esters is 1. The Morgan fingerprint density at radius 3 is 1.90 bits per heavy atom. The Balaban J connectivity index is 2.22. The van der Waals surface area contributed by atoms with Gasteiger partial charge in [0.1, 0.15) is 23.3 Å². The van der Waals surface area contributed by atoms with Crippen LogP contribution in [0.4, 0.5) is 0 Å². The molecule has 0 aliphatic rings. The fraction of sp³-hybridized carbons (Fsp3) is 0.318. The summed E-state index contributed by atoms with van der Waals surface area (Å²) in [5.74, 6) is 1.13. The van der Waals surface area contributed by atoms with Crippen molar-refractivity contribution in [3.8, 4) is 17.6 Å². The lowest BCUT2D eigenvalue weighted by Gasteiger charge is -2.11. The van der Waals surface area contributed by atoms with Crippen LogP contribution in [-0.4, -0.2) is 39.1 Å². The number of hydrogen-bond acceptors (Lipinski definition) is 7. The molecule has 0 radical (unpaired) electrons. The van der Waals surface area contributed by atoms with Crippen LogP contribution in [0.25, 0.3) is 0 Å². The van der Waals surface area contributed by atoms with Crippen LogP contribution in [0.1, 0.15) is 30.4 Å². The summed E-state index contributed by atoms with van der Waals surface area (Å²) in [6.07, 6.45) is 0.297. The number of hydrogen-bond donors (Lipinski definition) is 0. The van der Waals surface area contributed by atoms with Gasteiger partial charge in [0.2, 0.25) is 6.10 Å². The molecule has 1 unspecified atom stereocenters. The van der Waals surface area contributed by atoms with E-state index in [1.807, 2.05) is 48.5 Å². The molecule has 0 N–H and O–H groups in total. The molecule has 0 bridgehead atoms. The molecule has 0 amide bonds. The lowest BCUT2D eigenvalue weighted by Crippen LogP contribution is -2.12. The summed E-state index contributed by atoms with van der Waals surface area (Å²) in [5.41, 5.74) is 2.19. The summed E-state index contributed by atoms with van der Waals surface area (Å²) < 4.78 is 15.0. The van der Waals surface area contributed by atoms with Crippen LogP contribution < -0.4 is 9.47 Å². The number of carbonyl (C=O) groups excluding carboxylic acids is 1. The average Bonchev–Trinajstić information content (AvgIpc) is 2.78. The largest absolute Gasteiger partial charge is 0.497 e. The number of carbonyl (C=O) groups is 1. The second-order valence-electron chi connectivity index (χ2n) is 6.09. The summed E-state index contributed by atoms with van der Waals surface area (Å²) in [6.45, 7) is 0. The molecule has 7 nitrogen and oxygen atoms in total. The van der Waals surface area contributed by atoms with Gasteiger partial charge in [0.25, 0.3) is 0 Å². The second-order valence-corrected chi connectivity index (χ2v) is 6.09. The van der Waals surface area contributed by atoms with Crippen molar-refractivity contribution < 1.29 is 23.8 Å². The third-order valence-corrected chi connectivity index (χ3v) is 4.22. The molecule has 1 atom stereocenters. The van der Waals surface area contributed by atoms with Gasteiger partial charge in [0, 0.05) is 24.0 Å². The first-order valence-electron chi connectivity index (χ1n) is 9.10. The lowest BCUT2D eigenvalue weighted by atomic mass is 10.0. The van der Waals surface area contributed by atoms with Gasteiger partial charge in [-0.05, 0) is 55.0 Å². The van der Waals surface area contributed by atoms with Gasteiger partial charge in [0.05, 0.1) is 21.3 Å². The van der Waals surface area contributed by atoms with Crippen LogP contribution in [0.3, 0.4) is 0 Å². The summed E-state index contributed by atoms with van der Waals surface area (Å²) in [6, 6.07) is 16.8. The van der Waals surface area contributed by atoms with Gasteiger partial charge in [-0.2, -0.15) is 5.26 Å². The zero-order valence-electron chi connectivity index (χ0n) is 16.8. The van der Waals surface area contributed by atoms with Crippen LogP contribution in [0.2, 0.25) is 0 Å². The first-order chi connectivity index (χ1) is 14.1. The second kappa shape index (κ2) is 11.3. The molecule has 0 spiro atoms. The van der Waals surface area contributed by atoms with Crippen molar-refractivity contribution in [3.05, 3.63) is 59.7 Å². The van der Waals surface area contributed by atoms with Gasteiger partial charge in [0.15, 0.2) is 0 Å². The smallest absolute Gasteiger partial charge is 0.305 e. The topological polar surface area (TPSA) is 90.1 Å². The molecule has 0 saturated carbocycles. The fourth-order valence-electron chi connectivity index (χ4n) is 2.56. The highest BCUT2D eigenvalue weighted by atomic mass is 16.6. The molecule has 0 heterocycles. The molecule has 29 heavy (non-hydrogen) atoms. The highest BCUT2D eigenvalue weighted by molar-refractivity contribution is 6.12. The fourth-order valence-corrected chi connectivity index (χ4v) is 2.56. The SMILES string of the molecule is COC(=O)CCCC(C#N)ON=C(c1ccc(OC)cc1)c1ccc(OC)cc1. The van der Waals surface area contributed by atoms with Crippen LogP contribution in [0, 0.1) is 11.3 Å². The van der Waals surface area contributed by atoms with Gasteiger partial charge < -0.3 is 19.0 Å². The van der Waals surface area contributed by atoms with E-state index in [9.17, 15) is 10.1 Å². The van der Waals surface area contributed by atoms with Crippen molar-refractivity contribution in [2.45, 2.75) is 25.4 Å². The lowest BCUT2D eigenvalue weighted by molar-refractivity contribution is -0.140. The van der Waals surface area contributed by atoms with E-state index in [1.165, 1.54) is 7.11 Å². The Morgan fingerprint density at radius 2 is 1.48 bits per heavy atom. The van der Waals surface area contributed by atoms with Crippen molar-refractivity contribution in [1.82, 2.24) is 0 Å². The first-order valence-corrected chi connectivity index (χ1v) is 9.10. The Morgan fingerprint density at radius 1 is 0.966 bits per heavy atom. The Kier molecular flexibility index (Phi) is 8.51. The molecule has 152 valence electrons. The highest BCUT2D eigenvalue weighted by Gasteiger charge is 2.13. The maximum Gasteiger partial charge on any atom is 0.305 e. The van der Waals surface area contributed by atoms with E-state index < -0.39 is 6.10 Å². The number of methoxy groups -OCH3 is 3. The summed E-state index contributed by atoms with van der Waals surface area (Å²) >= 11 is 0. The molecule has 0 aliphatic carbocycles. The molecule has 0 aromatic heterocycles. The molecular formula is C22H24N2O5. The zero-order chi connectivity index (χ0) is 21.1. The average molecular weight is 396 g/mol. The van der Waals surface area contributed by atoms with Crippen molar-refractivity contribution in [1.29, 1.82) is 5.26 Å². The molecule has 2 aromatic carbocycles. The Hall–Kier alpha value is -3.53. The first kappa shape index (κ1) is 21.8. The van der Waals surface area contributed by atoms with Crippen molar-refractivity contribution in [2.75, 3.05) is 21.3 Å². The van der Waals surface area contributed by atoms with Gasteiger partial charge in [-0.15, -0.1) is 0 Å². The van der Waals surface area contributed by atoms with E-state index in [0.29, 0.717) is 18.6 Å². The monoisotopic (exact) mass is 396 g/mol. The third-order valence-electron chi connectivity index (χ3n) is 4.22. The molecule has 2 aromatic rings. The van der Waals surface area contributed by atoms with Crippen molar-refractivity contribution in [3.63, 3.8) is 0 Å².